The number of carbonyl (C=O) groups is 1. The van der Waals surface area contributed by atoms with Crippen LogP contribution >= 0.6 is 11.6 Å². The van der Waals surface area contributed by atoms with Crippen LogP contribution in [-0.4, -0.2) is 12.0 Å². The molecule has 10 heavy (non-hydrogen) atoms. The summed E-state index contributed by atoms with van der Waals surface area (Å²) < 4.78 is 4.65. The van der Waals surface area contributed by atoms with E-state index >= 15 is 0 Å². The maximum absolute atomic E-state index is 10.1. The first kappa shape index (κ1) is 7.86. The molecular weight excluding hydrogens is 152 g/mol. The lowest BCUT2D eigenvalue weighted by Crippen LogP contribution is -2.06. The van der Waals surface area contributed by atoms with Gasteiger partial charge in [-0.3, -0.25) is 0 Å². The molecule has 0 unspecified atom stereocenters. The Kier molecular flexibility index (Phi) is 3.00. The van der Waals surface area contributed by atoms with Crippen LogP contribution < -0.4 is 0 Å². The highest BCUT2D eigenvalue weighted by atomic mass is 35.5. The fourth-order valence-electron chi connectivity index (χ4n) is 1.36. The monoisotopic (exact) mass is 162 g/mol. The molecule has 2 nitrogen and oxygen atoms in total. The second-order valence-electron chi connectivity index (χ2n) is 2.70. The summed E-state index contributed by atoms with van der Waals surface area (Å²) in [7, 11) is 0. The van der Waals surface area contributed by atoms with Crippen molar-refractivity contribution in [3.63, 3.8) is 0 Å². The molecule has 0 radical (unpaired) electrons. The van der Waals surface area contributed by atoms with E-state index in [9.17, 15) is 4.79 Å². The molecule has 0 saturated heterocycles. The van der Waals surface area contributed by atoms with E-state index in [4.69, 9.17) is 11.6 Å². The molecule has 0 aromatic heterocycles. The van der Waals surface area contributed by atoms with E-state index in [2.05, 4.69) is 4.74 Å². The van der Waals surface area contributed by atoms with Gasteiger partial charge in [0.2, 0.25) is 0 Å². The van der Waals surface area contributed by atoms with Gasteiger partial charge < -0.3 is 4.74 Å². The van der Waals surface area contributed by atoms with E-state index in [0.29, 0.717) is 12.5 Å². The van der Waals surface area contributed by atoms with Gasteiger partial charge in [0.1, 0.15) is 0 Å². The summed E-state index contributed by atoms with van der Waals surface area (Å²) in [6.45, 7) is 0.516. The number of rotatable bonds is 2. The third-order valence-corrected chi connectivity index (χ3v) is 2.02. The van der Waals surface area contributed by atoms with E-state index < -0.39 is 5.43 Å². The minimum atomic E-state index is -0.674. The van der Waals surface area contributed by atoms with Crippen molar-refractivity contribution in [2.24, 2.45) is 5.92 Å². The van der Waals surface area contributed by atoms with Crippen molar-refractivity contribution in [1.82, 2.24) is 0 Å². The number of carbonyl (C=O) groups excluding carboxylic acids is 1. The molecule has 0 amide bonds. The number of hydrogen-bond donors (Lipinski definition) is 0. The minimum Gasteiger partial charge on any atom is -0.453 e. The highest BCUT2D eigenvalue weighted by Crippen LogP contribution is 2.24. The molecule has 0 N–H and O–H groups in total. The first-order chi connectivity index (χ1) is 4.79. The third kappa shape index (κ3) is 2.56. The van der Waals surface area contributed by atoms with Crippen LogP contribution in [0, 0.1) is 5.92 Å². The fraction of sp³-hybridized carbons (Fsp3) is 0.857. The van der Waals surface area contributed by atoms with E-state index in [-0.39, 0.29) is 0 Å². The van der Waals surface area contributed by atoms with Crippen LogP contribution in [0.25, 0.3) is 0 Å². The molecule has 3 heteroatoms. The zero-order valence-corrected chi connectivity index (χ0v) is 6.56. The van der Waals surface area contributed by atoms with Crippen LogP contribution in [0.3, 0.4) is 0 Å². The molecule has 0 aromatic carbocycles. The van der Waals surface area contributed by atoms with Crippen LogP contribution in [0.4, 0.5) is 4.79 Å². The first-order valence-electron chi connectivity index (χ1n) is 3.61. The predicted molar refractivity (Wildman–Crippen MR) is 39.2 cm³/mol. The standard InChI is InChI=1S/C7H11ClO2/c8-7(9)10-5-6-3-1-2-4-6/h6H,1-5H2. The van der Waals surface area contributed by atoms with Gasteiger partial charge in [-0.2, -0.15) is 0 Å². The second kappa shape index (κ2) is 3.81. The van der Waals surface area contributed by atoms with E-state index in [0.717, 1.165) is 0 Å². The van der Waals surface area contributed by atoms with Gasteiger partial charge in [-0.05, 0) is 18.8 Å². The Morgan fingerprint density at radius 1 is 1.50 bits per heavy atom. The maximum atomic E-state index is 10.1. The first-order valence-corrected chi connectivity index (χ1v) is 3.99. The summed E-state index contributed by atoms with van der Waals surface area (Å²) in [5.41, 5.74) is -0.674. The van der Waals surface area contributed by atoms with Crippen molar-refractivity contribution in [2.75, 3.05) is 6.61 Å². The Balaban J connectivity index is 2.07. The Hall–Kier alpha value is -0.240. The molecule has 0 aliphatic heterocycles. The van der Waals surface area contributed by atoms with Gasteiger partial charge in [-0.15, -0.1) is 0 Å². The van der Waals surface area contributed by atoms with Crippen molar-refractivity contribution >= 4 is 17.0 Å². The summed E-state index contributed by atoms with van der Waals surface area (Å²) >= 11 is 5.00. The summed E-state index contributed by atoms with van der Waals surface area (Å²) in [6.07, 6.45) is 4.91. The van der Waals surface area contributed by atoms with Gasteiger partial charge in [-0.1, -0.05) is 12.8 Å². The van der Waals surface area contributed by atoms with Crippen molar-refractivity contribution in [3.05, 3.63) is 0 Å². The molecular formula is C7H11ClO2. The average Bonchev–Trinajstić information content (AvgIpc) is 2.34. The van der Waals surface area contributed by atoms with Crippen molar-refractivity contribution in [1.29, 1.82) is 0 Å². The molecule has 1 rings (SSSR count). The molecule has 58 valence electrons. The highest BCUT2D eigenvalue weighted by Gasteiger charge is 2.15. The van der Waals surface area contributed by atoms with Gasteiger partial charge in [-0.25, -0.2) is 4.79 Å². The normalized spacial score (nSPS) is 19.3. The lowest BCUT2D eigenvalue weighted by atomic mass is 10.1. The van der Waals surface area contributed by atoms with E-state index in [1.165, 1.54) is 25.7 Å². The molecule has 1 fully saturated rings. The molecule has 1 aliphatic carbocycles. The zero-order chi connectivity index (χ0) is 7.40. The predicted octanol–water partition coefficient (Wildman–Crippen LogP) is 2.55. The topological polar surface area (TPSA) is 26.3 Å². The Morgan fingerprint density at radius 3 is 2.60 bits per heavy atom. The average molecular weight is 163 g/mol. The summed E-state index contributed by atoms with van der Waals surface area (Å²) in [6, 6.07) is 0. The molecule has 1 aliphatic rings. The van der Waals surface area contributed by atoms with Crippen molar-refractivity contribution in [2.45, 2.75) is 25.7 Å². The van der Waals surface area contributed by atoms with Crippen molar-refractivity contribution < 1.29 is 9.53 Å². The number of hydrogen-bond acceptors (Lipinski definition) is 2. The molecule has 0 heterocycles. The summed E-state index contributed by atoms with van der Waals surface area (Å²) in [5.74, 6) is 0.572. The van der Waals surface area contributed by atoms with E-state index in [1.807, 2.05) is 0 Å². The van der Waals surface area contributed by atoms with Crippen LogP contribution in [0.2, 0.25) is 0 Å². The van der Waals surface area contributed by atoms with Crippen LogP contribution in [0.1, 0.15) is 25.7 Å². The lowest BCUT2D eigenvalue weighted by Gasteiger charge is -2.06. The molecule has 0 bridgehead atoms. The number of ether oxygens (including phenoxy) is 1. The van der Waals surface area contributed by atoms with Gasteiger partial charge in [0, 0.05) is 11.6 Å². The highest BCUT2D eigenvalue weighted by molar-refractivity contribution is 6.61. The van der Waals surface area contributed by atoms with Gasteiger partial charge >= 0.3 is 5.43 Å². The zero-order valence-electron chi connectivity index (χ0n) is 5.81. The third-order valence-electron chi connectivity index (χ3n) is 1.91. The summed E-state index contributed by atoms with van der Waals surface area (Å²) in [4.78, 5) is 10.1. The fourth-order valence-corrected chi connectivity index (χ4v) is 1.42. The van der Waals surface area contributed by atoms with Gasteiger partial charge in [0.15, 0.2) is 0 Å². The largest absolute Gasteiger partial charge is 0.453 e. The Morgan fingerprint density at radius 2 is 2.10 bits per heavy atom. The van der Waals surface area contributed by atoms with Crippen LogP contribution in [-0.2, 0) is 4.74 Å². The minimum absolute atomic E-state index is 0.516. The van der Waals surface area contributed by atoms with E-state index in [1.54, 1.807) is 0 Å². The second-order valence-corrected chi connectivity index (χ2v) is 3.01. The Bertz CT molecular complexity index is 119. The lowest BCUT2D eigenvalue weighted by molar-refractivity contribution is 0.153. The number of halogens is 1. The smallest absolute Gasteiger partial charge is 0.403 e. The Labute approximate surface area is 65.5 Å². The van der Waals surface area contributed by atoms with Crippen LogP contribution in [0.15, 0.2) is 0 Å². The van der Waals surface area contributed by atoms with Gasteiger partial charge in [0.05, 0.1) is 6.61 Å². The molecule has 1 saturated carbocycles. The SMILES string of the molecule is O=C(Cl)OCC1CCCC1. The molecule has 0 atom stereocenters. The maximum Gasteiger partial charge on any atom is 0.403 e. The summed E-state index contributed by atoms with van der Waals surface area (Å²) in [5, 5.41) is 0. The molecule has 0 aromatic rings. The quantitative estimate of drug-likeness (QED) is 0.584. The van der Waals surface area contributed by atoms with Gasteiger partial charge in [0.25, 0.3) is 0 Å². The van der Waals surface area contributed by atoms with Crippen LogP contribution in [0.5, 0.6) is 0 Å². The molecule has 0 spiro atoms. The van der Waals surface area contributed by atoms with Crippen molar-refractivity contribution in [3.8, 4) is 0 Å².